The Kier molecular flexibility index (Phi) is 6.18. The number of para-hydroxylation sites is 2. The van der Waals surface area contributed by atoms with E-state index in [4.69, 9.17) is 9.47 Å². The minimum atomic E-state index is -0.421. The number of nitrogens with zero attached hydrogens (tertiary/aromatic N) is 5. The van der Waals surface area contributed by atoms with E-state index in [2.05, 4.69) is 25.5 Å². The fourth-order valence-electron chi connectivity index (χ4n) is 3.86. The summed E-state index contributed by atoms with van der Waals surface area (Å²) < 4.78 is 13.8. The lowest BCUT2D eigenvalue weighted by Gasteiger charge is -2.11. The number of nitrogens with one attached hydrogen (secondary N) is 2. The highest BCUT2D eigenvalue weighted by Crippen LogP contribution is 2.26. The number of fused-ring (bicyclic) bond motifs is 1. The van der Waals surface area contributed by atoms with Crippen LogP contribution in [0.5, 0.6) is 11.5 Å². The Hall–Kier alpha value is -4.93. The molecule has 188 valence electrons. The van der Waals surface area contributed by atoms with E-state index in [1.807, 2.05) is 38.1 Å². The number of aromatic amines is 1. The third-order valence-electron chi connectivity index (χ3n) is 5.89. The molecule has 0 aliphatic carbocycles. The van der Waals surface area contributed by atoms with Gasteiger partial charge >= 0.3 is 0 Å². The molecule has 0 bridgehead atoms. The molecule has 0 saturated heterocycles. The van der Waals surface area contributed by atoms with E-state index < -0.39 is 5.91 Å². The van der Waals surface area contributed by atoms with E-state index in [0.717, 1.165) is 16.8 Å². The zero-order valence-corrected chi connectivity index (χ0v) is 20.8. The van der Waals surface area contributed by atoms with Crippen LogP contribution in [-0.4, -0.2) is 49.2 Å². The van der Waals surface area contributed by atoms with Crippen molar-refractivity contribution in [3.05, 3.63) is 81.9 Å². The van der Waals surface area contributed by atoms with E-state index in [1.54, 1.807) is 35.9 Å². The summed E-state index contributed by atoms with van der Waals surface area (Å²) in [4.78, 5) is 33.0. The summed E-state index contributed by atoms with van der Waals surface area (Å²) in [5.41, 5.74) is 3.63. The number of amides is 1. The molecule has 0 saturated carbocycles. The predicted molar refractivity (Wildman–Crippen MR) is 138 cm³/mol. The first kappa shape index (κ1) is 23.8. The minimum Gasteiger partial charge on any atom is -0.493 e. The molecule has 2 N–H and O–H groups in total. The van der Waals surface area contributed by atoms with E-state index in [0.29, 0.717) is 34.0 Å². The van der Waals surface area contributed by atoms with Crippen LogP contribution in [-0.2, 0) is 4.79 Å². The Morgan fingerprint density at radius 3 is 2.57 bits per heavy atom. The number of benzene rings is 2. The molecule has 0 aliphatic heterocycles. The molecule has 11 nitrogen and oxygen atoms in total. The van der Waals surface area contributed by atoms with Gasteiger partial charge < -0.3 is 14.8 Å². The number of aromatic nitrogens is 6. The van der Waals surface area contributed by atoms with Crippen LogP contribution in [0.2, 0.25) is 0 Å². The van der Waals surface area contributed by atoms with Gasteiger partial charge in [0.2, 0.25) is 5.95 Å². The zero-order chi connectivity index (χ0) is 26.1. The number of hydrogen-bond acceptors (Lipinski definition) is 7. The number of methoxy groups -OCH3 is 1. The van der Waals surface area contributed by atoms with Gasteiger partial charge in [-0.15, -0.1) is 0 Å². The highest BCUT2D eigenvalue weighted by molar-refractivity contribution is 5.91. The zero-order valence-electron chi connectivity index (χ0n) is 20.8. The van der Waals surface area contributed by atoms with Crippen molar-refractivity contribution in [1.29, 1.82) is 0 Å². The van der Waals surface area contributed by atoms with Crippen LogP contribution in [0, 0.1) is 20.8 Å². The monoisotopic (exact) mass is 499 g/mol. The smallest absolute Gasteiger partial charge is 0.263 e. The fraction of sp³-hybridized carbons (Fsp3) is 0.192. The molecule has 37 heavy (non-hydrogen) atoms. The van der Waals surface area contributed by atoms with Crippen LogP contribution in [0.15, 0.2) is 59.5 Å². The maximum atomic E-state index is 12.9. The molecule has 11 heteroatoms. The standard InChI is InChI=1S/C26H25N7O4/c1-15-9-10-18(11-16(15)2)32-24-19(13-27-32)25(35)30-26(29-24)33-22(12-17(3)31-33)28-23(34)14-37-21-8-6-5-7-20(21)36-4/h5-13H,14H2,1-4H3,(H,28,34)(H,29,30,35). The molecule has 5 aromatic rings. The molecule has 0 fully saturated rings. The van der Waals surface area contributed by atoms with E-state index in [9.17, 15) is 9.59 Å². The third kappa shape index (κ3) is 4.66. The summed E-state index contributed by atoms with van der Waals surface area (Å²) in [5.74, 6) is 1.01. The van der Waals surface area contributed by atoms with Crippen molar-refractivity contribution < 1.29 is 14.3 Å². The Balaban J connectivity index is 1.45. The van der Waals surface area contributed by atoms with Crippen LogP contribution in [0.4, 0.5) is 5.82 Å². The summed E-state index contributed by atoms with van der Waals surface area (Å²) >= 11 is 0. The van der Waals surface area contributed by atoms with Crippen molar-refractivity contribution in [2.24, 2.45) is 0 Å². The second-order valence-corrected chi connectivity index (χ2v) is 8.52. The quantitative estimate of drug-likeness (QED) is 0.352. The number of hydrogen-bond donors (Lipinski definition) is 2. The summed E-state index contributed by atoms with van der Waals surface area (Å²) in [6, 6.07) is 14.6. The van der Waals surface area contributed by atoms with Crippen molar-refractivity contribution in [1.82, 2.24) is 29.5 Å². The van der Waals surface area contributed by atoms with E-state index in [-0.39, 0.29) is 18.1 Å². The third-order valence-corrected chi connectivity index (χ3v) is 5.89. The van der Waals surface area contributed by atoms with Crippen LogP contribution in [0.25, 0.3) is 22.7 Å². The van der Waals surface area contributed by atoms with Crippen LogP contribution >= 0.6 is 0 Å². The molecule has 0 unspecified atom stereocenters. The van der Waals surface area contributed by atoms with Gasteiger partial charge in [0.05, 0.1) is 24.7 Å². The molecule has 0 spiro atoms. The summed E-state index contributed by atoms with van der Waals surface area (Å²) in [5, 5.41) is 11.9. The molecule has 2 aromatic carbocycles. The molecule has 0 atom stereocenters. The topological polar surface area (TPSA) is 129 Å². The normalized spacial score (nSPS) is 11.0. The van der Waals surface area contributed by atoms with Crippen molar-refractivity contribution in [2.75, 3.05) is 19.0 Å². The average Bonchev–Trinajstić information content (AvgIpc) is 3.48. The lowest BCUT2D eigenvalue weighted by Crippen LogP contribution is -2.23. The van der Waals surface area contributed by atoms with Gasteiger partial charge in [0.25, 0.3) is 11.5 Å². The Bertz CT molecular complexity index is 1680. The largest absolute Gasteiger partial charge is 0.493 e. The van der Waals surface area contributed by atoms with Crippen LogP contribution < -0.4 is 20.3 Å². The maximum absolute atomic E-state index is 12.9. The first-order valence-corrected chi connectivity index (χ1v) is 11.5. The number of ether oxygens (including phenoxy) is 2. The number of carbonyl (C=O) groups excluding carboxylic acids is 1. The van der Waals surface area contributed by atoms with Crippen LogP contribution in [0.3, 0.4) is 0 Å². The summed E-state index contributed by atoms with van der Waals surface area (Å²) in [6.07, 6.45) is 1.48. The SMILES string of the molecule is COc1ccccc1OCC(=O)Nc1cc(C)nn1-c1nc2c(cnn2-c2ccc(C)c(C)c2)c(=O)[nH]1. The molecule has 1 amide bonds. The number of carbonyl (C=O) groups is 1. The van der Waals surface area contributed by atoms with Crippen molar-refractivity contribution >= 4 is 22.8 Å². The second-order valence-electron chi connectivity index (χ2n) is 8.52. The van der Waals surface area contributed by atoms with Gasteiger partial charge in [-0.25, -0.2) is 4.68 Å². The molecular weight excluding hydrogens is 474 g/mol. The summed E-state index contributed by atoms with van der Waals surface area (Å²) in [6.45, 7) is 5.55. The highest BCUT2D eigenvalue weighted by Gasteiger charge is 2.17. The lowest BCUT2D eigenvalue weighted by atomic mass is 10.1. The Morgan fingerprint density at radius 2 is 1.81 bits per heavy atom. The molecule has 3 aromatic heterocycles. The number of H-pyrrole nitrogens is 1. The maximum Gasteiger partial charge on any atom is 0.263 e. The van der Waals surface area contributed by atoms with Crippen LogP contribution in [0.1, 0.15) is 16.8 Å². The number of anilines is 1. The van der Waals surface area contributed by atoms with E-state index in [1.165, 1.54) is 18.0 Å². The van der Waals surface area contributed by atoms with Gasteiger partial charge in [0.15, 0.2) is 23.8 Å². The van der Waals surface area contributed by atoms with Crippen molar-refractivity contribution in [3.63, 3.8) is 0 Å². The lowest BCUT2D eigenvalue weighted by molar-refractivity contribution is -0.118. The van der Waals surface area contributed by atoms with Gasteiger partial charge in [-0.2, -0.15) is 19.9 Å². The second kappa shape index (κ2) is 9.61. The van der Waals surface area contributed by atoms with Gasteiger partial charge in [-0.3, -0.25) is 14.6 Å². The highest BCUT2D eigenvalue weighted by atomic mass is 16.5. The van der Waals surface area contributed by atoms with Gasteiger partial charge in [0, 0.05) is 6.07 Å². The first-order valence-electron chi connectivity index (χ1n) is 11.5. The molecule has 3 heterocycles. The molecule has 0 aliphatic rings. The van der Waals surface area contributed by atoms with Gasteiger partial charge in [-0.1, -0.05) is 18.2 Å². The minimum absolute atomic E-state index is 0.136. The number of aryl methyl sites for hydroxylation is 3. The van der Waals surface area contributed by atoms with Crippen molar-refractivity contribution in [2.45, 2.75) is 20.8 Å². The molecule has 0 radical (unpaired) electrons. The fourth-order valence-corrected chi connectivity index (χ4v) is 3.86. The van der Waals surface area contributed by atoms with Gasteiger partial charge in [-0.05, 0) is 56.2 Å². The predicted octanol–water partition coefficient (Wildman–Crippen LogP) is 3.25. The number of rotatable bonds is 7. The van der Waals surface area contributed by atoms with Gasteiger partial charge in [0.1, 0.15) is 11.2 Å². The average molecular weight is 500 g/mol. The molecule has 5 rings (SSSR count). The Labute approximate surface area is 211 Å². The van der Waals surface area contributed by atoms with Crippen molar-refractivity contribution in [3.8, 4) is 23.1 Å². The van der Waals surface area contributed by atoms with E-state index >= 15 is 0 Å². The first-order chi connectivity index (χ1) is 17.8. The molecular formula is C26H25N7O4. The Morgan fingerprint density at radius 1 is 1.03 bits per heavy atom. The summed E-state index contributed by atoms with van der Waals surface area (Å²) in [7, 11) is 1.53.